The van der Waals surface area contributed by atoms with Gasteiger partial charge in [0.05, 0.1) is 39.9 Å². The number of hydrogen-bond donors (Lipinski definition) is 2. The Morgan fingerprint density at radius 1 is 0.474 bits per heavy atom. The molecule has 0 aromatic carbocycles. The Morgan fingerprint density at radius 2 is 0.816 bits per heavy atom. The number of likely N-dealkylation sites (N-methyl/N-ethyl adjacent to an activating group) is 1. The van der Waals surface area contributed by atoms with Gasteiger partial charge in [0, 0.05) is 6.42 Å². The van der Waals surface area contributed by atoms with Gasteiger partial charge in [0.1, 0.15) is 13.2 Å². The standard InChI is InChI=1S/C67H119N2O6P/c1-6-8-10-12-14-16-18-20-22-24-26-28-30-32-33-34-35-37-38-40-42-44-46-48-50-52-54-56-58-60-66(70)65(64-75-76(72,73)74-63-62-69(3,4)5)68-67(71)61-59-57-55-53-51-49-47-45-43-41-39-36-31-29-27-25-23-21-19-17-15-13-11-9-7-2/h9,11,15,17,21,23,27,29,36,39,43,45,49-52,58,60,65-66,70H,6-8,10,12-14,16,18-20,22,24-26,28,30-35,37-38,40-42,44,46-48,53-57,59,61-64H2,1-5H3,(H-,68,71,72,73)/b11-9-,17-15-,23-21-,29-27-,39-36-,45-43-,51-49-,52-50+,60-58+. The summed E-state index contributed by atoms with van der Waals surface area (Å²) in [5.41, 5.74) is 0. The first kappa shape index (κ1) is 73.2. The number of allylic oxidation sites excluding steroid dienone is 17. The zero-order chi connectivity index (χ0) is 55.6. The minimum Gasteiger partial charge on any atom is -0.756 e. The third-order valence-corrected chi connectivity index (χ3v) is 14.4. The van der Waals surface area contributed by atoms with Crippen molar-refractivity contribution in [3.8, 4) is 0 Å². The van der Waals surface area contributed by atoms with Crippen LogP contribution in [-0.2, 0) is 18.4 Å². The highest BCUT2D eigenvalue weighted by molar-refractivity contribution is 7.45. The summed E-state index contributed by atoms with van der Waals surface area (Å²) in [5, 5.41) is 13.9. The van der Waals surface area contributed by atoms with E-state index >= 15 is 0 Å². The predicted octanol–water partition coefficient (Wildman–Crippen LogP) is 18.9. The normalized spacial score (nSPS) is 14.6. The van der Waals surface area contributed by atoms with Crippen molar-refractivity contribution < 1.29 is 32.9 Å². The lowest BCUT2D eigenvalue weighted by molar-refractivity contribution is -0.870. The predicted molar refractivity (Wildman–Crippen MR) is 329 cm³/mol. The average molecular weight is 1080 g/mol. The number of aliphatic hydroxyl groups is 1. The number of rotatable bonds is 56. The fourth-order valence-electron chi connectivity index (χ4n) is 8.62. The minimum atomic E-state index is -4.63. The number of nitrogens with one attached hydrogen (secondary N) is 1. The summed E-state index contributed by atoms with van der Waals surface area (Å²) in [4.78, 5) is 25.5. The first-order chi connectivity index (χ1) is 37.0. The van der Waals surface area contributed by atoms with Crippen LogP contribution in [-0.4, -0.2) is 68.5 Å². The maximum absolute atomic E-state index is 13.0. The van der Waals surface area contributed by atoms with Crippen molar-refractivity contribution in [2.75, 3.05) is 40.9 Å². The van der Waals surface area contributed by atoms with Gasteiger partial charge in [0.2, 0.25) is 5.91 Å². The third kappa shape index (κ3) is 58.8. The van der Waals surface area contributed by atoms with Gasteiger partial charge in [-0.25, -0.2) is 0 Å². The highest BCUT2D eigenvalue weighted by Gasteiger charge is 2.23. The van der Waals surface area contributed by atoms with E-state index in [9.17, 15) is 19.4 Å². The van der Waals surface area contributed by atoms with Gasteiger partial charge >= 0.3 is 0 Å². The largest absolute Gasteiger partial charge is 0.756 e. The second-order valence-electron chi connectivity index (χ2n) is 22.0. The molecule has 8 nitrogen and oxygen atoms in total. The number of hydrogen-bond acceptors (Lipinski definition) is 6. The lowest BCUT2D eigenvalue weighted by Gasteiger charge is -2.29. The molecule has 76 heavy (non-hydrogen) atoms. The molecule has 0 rings (SSSR count). The van der Waals surface area contributed by atoms with Crippen LogP contribution in [0.4, 0.5) is 0 Å². The van der Waals surface area contributed by atoms with Crippen LogP contribution in [0.3, 0.4) is 0 Å². The van der Waals surface area contributed by atoms with E-state index in [1.54, 1.807) is 6.08 Å². The van der Waals surface area contributed by atoms with Crippen LogP contribution in [0.25, 0.3) is 0 Å². The monoisotopic (exact) mass is 1080 g/mol. The SMILES string of the molecule is CC/C=C\C/C=C\C/C=C\C/C=C\C/C=C\C/C=C\C/C=C\CCCCCC(=O)NC(COP(=O)([O-])OCC[N+](C)(C)C)C(O)/C=C/CC/C=C/CCCCCCCCCCCCCCCCCCCCCCCCC. The molecule has 0 radical (unpaired) electrons. The number of nitrogens with zero attached hydrogens (tertiary/aromatic N) is 1. The summed E-state index contributed by atoms with van der Waals surface area (Å²) in [6.07, 6.45) is 83.3. The Bertz CT molecular complexity index is 1600. The average Bonchev–Trinajstić information content (AvgIpc) is 3.38. The van der Waals surface area contributed by atoms with Crippen LogP contribution >= 0.6 is 7.82 Å². The summed E-state index contributed by atoms with van der Waals surface area (Å²) in [6, 6.07) is -0.931. The van der Waals surface area contributed by atoms with Gasteiger partial charge in [0.25, 0.3) is 7.82 Å². The van der Waals surface area contributed by atoms with E-state index in [1.165, 1.54) is 148 Å². The van der Waals surface area contributed by atoms with Crippen molar-refractivity contribution in [1.29, 1.82) is 0 Å². The quantitative estimate of drug-likeness (QED) is 0.0272. The van der Waals surface area contributed by atoms with E-state index < -0.39 is 26.6 Å². The van der Waals surface area contributed by atoms with E-state index in [2.05, 4.69) is 116 Å². The highest BCUT2D eigenvalue weighted by Crippen LogP contribution is 2.38. The van der Waals surface area contributed by atoms with Crippen molar-refractivity contribution in [2.24, 2.45) is 0 Å². The van der Waals surface area contributed by atoms with E-state index in [0.717, 1.165) is 83.5 Å². The molecule has 0 heterocycles. The van der Waals surface area contributed by atoms with Crippen LogP contribution < -0.4 is 10.2 Å². The number of amides is 1. The molecule has 9 heteroatoms. The molecule has 0 saturated carbocycles. The molecule has 438 valence electrons. The summed E-state index contributed by atoms with van der Waals surface area (Å²) in [7, 11) is 1.21. The number of phosphoric ester groups is 1. The smallest absolute Gasteiger partial charge is 0.268 e. The van der Waals surface area contributed by atoms with Gasteiger partial charge in [0.15, 0.2) is 0 Å². The maximum Gasteiger partial charge on any atom is 0.268 e. The van der Waals surface area contributed by atoms with E-state index in [0.29, 0.717) is 17.4 Å². The molecule has 0 aromatic rings. The summed E-state index contributed by atoms with van der Waals surface area (Å²) >= 11 is 0. The van der Waals surface area contributed by atoms with Gasteiger partial charge in [-0.05, 0) is 89.9 Å². The van der Waals surface area contributed by atoms with Crippen molar-refractivity contribution >= 4 is 13.7 Å². The van der Waals surface area contributed by atoms with Gasteiger partial charge in [-0.15, -0.1) is 0 Å². The minimum absolute atomic E-state index is 0.0192. The van der Waals surface area contributed by atoms with Gasteiger partial charge in [-0.3, -0.25) is 9.36 Å². The number of phosphoric acid groups is 1. The molecule has 0 spiro atoms. The fourth-order valence-corrected chi connectivity index (χ4v) is 9.34. The molecule has 0 bridgehead atoms. The van der Waals surface area contributed by atoms with Crippen molar-refractivity contribution in [3.05, 3.63) is 109 Å². The van der Waals surface area contributed by atoms with Crippen molar-refractivity contribution in [3.63, 3.8) is 0 Å². The van der Waals surface area contributed by atoms with Crippen LogP contribution in [0.2, 0.25) is 0 Å². The van der Waals surface area contributed by atoms with Crippen molar-refractivity contribution in [2.45, 2.75) is 270 Å². The Balaban J connectivity index is 4.29. The molecule has 3 atom stereocenters. The molecule has 3 unspecified atom stereocenters. The second-order valence-corrected chi connectivity index (χ2v) is 23.4. The molecule has 2 N–H and O–H groups in total. The Kier molecular flexibility index (Phi) is 54.7. The first-order valence-electron chi connectivity index (χ1n) is 31.2. The van der Waals surface area contributed by atoms with Gasteiger partial charge in [-0.2, -0.15) is 0 Å². The van der Waals surface area contributed by atoms with Crippen LogP contribution in [0.5, 0.6) is 0 Å². The van der Waals surface area contributed by atoms with Crippen molar-refractivity contribution in [1.82, 2.24) is 5.32 Å². The summed E-state index contributed by atoms with van der Waals surface area (Å²) in [5.74, 6) is -0.241. The van der Waals surface area contributed by atoms with E-state index in [1.807, 2.05) is 27.2 Å². The number of carbonyl (C=O) groups is 1. The maximum atomic E-state index is 13.0. The number of quaternary nitrogens is 1. The molecular weight excluding hydrogens is 960 g/mol. The van der Waals surface area contributed by atoms with Gasteiger partial charge in [-0.1, -0.05) is 271 Å². The summed E-state index contributed by atoms with van der Waals surface area (Å²) in [6.45, 7) is 4.50. The van der Waals surface area contributed by atoms with Crippen LogP contribution in [0.15, 0.2) is 109 Å². The molecule has 0 aliphatic carbocycles. The van der Waals surface area contributed by atoms with Crippen LogP contribution in [0.1, 0.15) is 258 Å². The molecule has 0 aliphatic heterocycles. The van der Waals surface area contributed by atoms with E-state index in [4.69, 9.17) is 9.05 Å². The molecule has 0 aromatic heterocycles. The topological polar surface area (TPSA) is 108 Å². The molecule has 0 saturated heterocycles. The zero-order valence-electron chi connectivity index (χ0n) is 49.9. The zero-order valence-corrected chi connectivity index (χ0v) is 50.8. The highest BCUT2D eigenvalue weighted by atomic mass is 31.2. The Morgan fingerprint density at radius 3 is 1.22 bits per heavy atom. The summed E-state index contributed by atoms with van der Waals surface area (Å²) < 4.78 is 23.4. The first-order valence-corrected chi connectivity index (χ1v) is 32.7. The molecular formula is C67H119N2O6P. The lowest BCUT2D eigenvalue weighted by Crippen LogP contribution is -2.45. The van der Waals surface area contributed by atoms with Crippen LogP contribution in [0, 0.1) is 0 Å². The number of carbonyl (C=O) groups excluding carboxylic acids is 1. The Labute approximate surface area is 470 Å². The van der Waals surface area contributed by atoms with E-state index in [-0.39, 0.29) is 18.9 Å². The molecule has 0 fully saturated rings. The second kappa shape index (κ2) is 56.9. The Hall–Kier alpha value is -2.84. The fraction of sp³-hybridized carbons (Fsp3) is 0.716. The molecule has 0 aliphatic rings. The molecule has 1 amide bonds. The lowest BCUT2D eigenvalue weighted by atomic mass is 10.0. The number of unbranched alkanes of at least 4 members (excludes halogenated alkanes) is 27. The van der Waals surface area contributed by atoms with Gasteiger partial charge < -0.3 is 28.8 Å². The number of aliphatic hydroxyl groups excluding tert-OH is 1. The third-order valence-electron chi connectivity index (χ3n) is 13.5.